The van der Waals surface area contributed by atoms with E-state index in [2.05, 4.69) is 0 Å². The Labute approximate surface area is 101 Å². The number of nitrogens with two attached hydrogens (primary N) is 1. The molecule has 0 spiro atoms. The Bertz CT molecular complexity index is 395. The van der Waals surface area contributed by atoms with Crippen molar-refractivity contribution >= 4 is 5.69 Å². The van der Waals surface area contributed by atoms with Gasteiger partial charge in [-0.05, 0) is 31.5 Å². The van der Waals surface area contributed by atoms with Gasteiger partial charge in [-0.15, -0.1) is 0 Å². The van der Waals surface area contributed by atoms with Crippen LogP contribution >= 0.6 is 0 Å². The quantitative estimate of drug-likeness (QED) is 0.857. The number of rotatable bonds is 2. The predicted octanol–water partition coefficient (Wildman–Crippen LogP) is 2.07. The van der Waals surface area contributed by atoms with Crippen molar-refractivity contribution < 1.29 is 9.13 Å². The molecule has 0 saturated carbocycles. The standard InChI is InChI=1S/C13H19FN2O/c1-9-8-16(5-6-17-9)13-4-3-11(10(2)15)7-12(13)14/h3-4,7,9-10H,5-6,8,15H2,1-2H3. The molecule has 0 radical (unpaired) electrons. The summed E-state index contributed by atoms with van der Waals surface area (Å²) in [4.78, 5) is 2.02. The van der Waals surface area contributed by atoms with Gasteiger partial charge in [-0.2, -0.15) is 0 Å². The summed E-state index contributed by atoms with van der Waals surface area (Å²) in [6.07, 6.45) is 0.149. The molecular weight excluding hydrogens is 219 g/mol. The van der Waals surface area contributed by atoms with Gasteiger partial charge in [-0.25, -0.2) is 4.39 Å². The largest absolute Gasteiger partial charge is 0.375 e. The summed E-state index contributed by atoms with van der Waals surface area (Å²) in [5.74, 6) is -0.200. The van der Waals surface area contributed by atoms with Crippen LogP contribution < -0.4 is 10.6 Å². The zero-order valence-corrected chi connectivity index (χ0v) is 10.3. The van der Waals surface area contributed by atoms with E-state index < -0.39 is 0 Å². The Morgan fingerprint density at radius 1 is 1.53 bits per heavy atom. The predicted molar refractivity (Wildman–Crippen MR) is 66.6 cm³/mol. The van der Waals surface area contributed by atoms with Crippen molar-refractivity contribution in [1.82, 2.24) is 0 Å². The monoisotopic (exact) mass is 238 g/mol. The summed E-state index contributed by atoms with van der Waals surface area (Å²) in [5.41, 5.74) is 7.20. The molecule has 0 amide bonds. The molecule has 2 rings (SSSR count). The Kier molecular flexibility index (Phi) is 3.64. The SMILES string of the molecule is CC1CN(c2ccc(C(C)N)cc2F)CCO1. The molecule has 17 heavy (non-hydrogen) atoms. The van der Waals surface area contributed by atoms with Crippen molar-refractivity contribution in [2.24, 2.45) is 5.73 Å². The van der Waals surface area contributed by atoms with Crippen molar-refractivity contribution in [3.05, 3.63) is 29.6 Å². The summed E-state index contributed by atoms with van der Waals surface area (Å²) in [6, 6.07) is 5.09. The maximum Gasteiger partial charge on any atom is 0.146 e. The van der Waals surface area contributed by atoms with Crippen LogP contribution in [0.3, 0.4) is 0 Å². The first-order valence-electron chi connectivity index (χ1n) is 5.99. The Morgan fingerprint density at radius 3 is 2.88 bits per heavy atom. The van der Waals surface area contributed by atoms with E-state index in [4.69, 9.17) is 10.5 Å². The molecule has 0 aromatic heterocycles. The topological polar surface area (TPSA) is 38.5 Å². The molecule has 3 nitrogen and oxygen atoms in total. The van der Waals surface area contributed by atoms with E-state index in [0.29, 0.717) is 12.3 Å². The second kappa shape index (κ2) is 5.02. The zero-order valence-electron chi connectivity index (χ0n) is 10.3. The van der Waals surface area contributed by atoms with Crippen LogP contribution in [-0.4, -0.2) is 25.8 Å². The van der Waals surface area contributed by atoms with Crippen LogP contribution in [0.1, 0.15) is 25.5 Å². The van der Waals surface area contributed by atoms with Crippen LogP contribution in [0.25, 0.3) is 0 Å². The molecule has 2 unspecified atom stereocenters. The lowest BCUT2D eigenvalue weighted by Crippen LogP contribution is -2.41. The molecule has 0 bridgehead atoms. The first kappa shape index (κ1) is 12.3. The molecule has 1 fully saturated rings. The van der Waals surface area contributed by atoms with E-state index in [0.717, 1.165) is 18.7 Å². The van der Waals surface area contributed by atoms with E-state index in [1.807, 2.05) is 30.9 Å². The third-order valence-corrected chi connectivity index (χ3v) is 3.08. The minimum atomic E-state index is -0.200. The summed E-state index contributed by atoms with van der Waals surface area (Å²) in [6.45, 7) is 5.97. The van der Waals surface area contributed by atoms with Gasteiger partial charge in [0, 0.05) is 19.1 Å². The van der Waals surface area contributed by atoms with Crippen LogP contribution in [0, 0.1) is 5.82 Å². The molecule has 4 heteroatoms. The number of anilines is 1. The van der Waals surface area contributed by atoms with Gasteiger partial charge in [0.2, 0.25) is 0 Å². The first-order valence-corrected chi connectivity index (χ1v) is 5.99. The Hall–Kier alpha value is -1.13. The summed E-state index contributed by atoms with van der Waals surface area (Å²) in [5, 5.41) is 0. The molecule has 2 N–H and O–H groups in total. The Balaban J connectivity index is 2.21. The van der Waals surface area contributed by atoms with Gasteiger partial charge in [0.15, 0.2) is 0 Å². The summed E-state index contributed by atoms with van der Waals surface area (Å²) in [7, 11) is 0. The van der Waals surface area contributed by atoms with Gasteiger partial charge < -0.3 is 15.4 Å². The molecule has 1 aromatic carbocycles. The van der Waals surface area contributed by atoms with E-state index in [1.54, 1.807) is 0 Å². The van der Waals surface area contributed by atoms with Gasteiger partial charge in [0.25, 0.3) is 0 Å². The Morgan fingerprint density at radius 2 is 2.29 bits per heavy atom. The third kappa shape index (κ3) is 2.76. The maximum absolute atomic E-state index is 14.0. The van der Waals surface area contributed by atoms with Gasteiger partial charge in [-0.1, -0.05) is 6.07 Å². The molecule has 94 valence electrons. The fraction of sp³-hybridized carbons (Fsp3) is 0.538. The van der Waals surface area contributed by atoms with Crippen molar-refractivity contribution in [3.8, 4) is 0 Å². The van der Waals surface area contributed by atoms with Crippen molar-refractivity contribution in [2.45, 2.75) is 26.0 Å². The fourth-order valence-corrected chi connectivity index (χ4v) is 2.10. The highest BCUT2D eigenvalue weighted by atomic mass is 19.1. The third-order valence-electron chi connectivity index (χ3n) is 3.08. The number of hydrogen-bond acceptors (Lipinski definition) is 3. The molecule has 1 saturated heterocycles. The lowest BCUT2D eigenvalue weighted by Gasteiger charge is -2.33. The van der Waals surface area contributed by atoms with Gasteiger partial charge in [-0.3, -0.25) is 0 Å². The number of nitrogens with zero attached hydrogens (tertiary/aromatic N) is 1. The normalized spacial score (nSPS) is 22.6. The molecule has 1 aliphatic rings. The molecule has 1 aliphatic heterocycles. The second-order valence-electron chi connectivity index (χ2n) is 4.63. The minimum absolute atomic E-state index is 0.137. The van der Waals surface area contributed by atoms with Gasteiger partial charge >= 0.3 is 0 Å². The molecule has 2 atom stereocenters. The number of halogens is 1. The smallest absolute Gasteiger partial charge is 0.146 e. The maximum atomic E-state index is 14.0. The van der Waals surface area contributed by atoms with E-state index in [1.165, 1.54) is 6.07 Å². The first-order chi connectivity index (χ1) is 8.08. The van der Waals surface area contributed by atoms with E-state index >= 15 is 0 Å². The molecule has 1 heterocycles. The van der Waals surface area contributed by atoms with E-state index in [9.17, 15) is 4.39 Å². The van der Waals surface area contributed by atoms with Crippen LogP contribution in [0.4, 0.5) is 10.1 Å². The highest BCUT2D eigenvalue weighted by Gasteiger charge is 2.19. The van der Waals surface area contributed by atoms with Crippen LogP contribution in [0.2, 0.25) is 0 Å². The zero-order chi connectivity index (χ0) is 12.4. The summed E-state index contributed by atoms with van der Waals surface area (Å²) < 4.78 is 19.4. The van der Waals surface area contributed by atoms with E-state index in [-0.39, 0.29) is 18.0 Å². The lowest BCUT2D eigenvalue weighted by atomic mass is 10.1. The number of benzene rings is 1. The van der Waals surface area contributed by atoms with Crippen molar-refractivity contribution in [2.75, 3.05) is 24.6 Å². The van der Waals surface area contributed by atoms with Crippen LogP contribution in [0.5, 0.6) is 0 Å². The number of morpholine rings is 1. The highest BCUT2D eigenvalue weighted by Crippen LogP contribution is 2.24. The fourth-order valence-electron chi connectivity index (χ4n) is 2.10. The minimum Gasteiger partial charge on any atom is -0.375 e. The number of ether oxygens (including phenoxy) is 1. The van der Waals surface area contributed by atoms with Gasteiger partial charge in [0.1, 0.15) is 5.82 Å². The van der Waals surface area contributed by atoms with Crippen LogP contribution in [0.15, 0.2) is 18.2 Å². The lowest BCUT2D eigenvalue weighted by molar-refractivity contribution is 0.0530. The molecular formula is C13H19FN2O. The van der Waals surface area contributed by atoms with Crippen molar-refractivity contribution in [3.63, 3.8) is 0 Å². The molecule has 0 aliphatic carbocycles. The molecule has 1 aromatic rings. The average Bonchev–Trinajstić information content (AvgIpc) is 2.28. The van der Waals surface area contributed by atoms with Crippen LogP contribution in [-0.2, 0) is 4.74 Å². The average molecular weight is 238 g/mol. The highest BCUT2D eigenvalue weighted by molar-refractivity contribution is 5.50. The van der Waals surface area contributed by atoms with Crippen molar-refractivity contribution in [1.29, 1.82) is 0 Å². The van der Waals surface area contributed by atoms with Gasteiger partial charge in [0.05, 0.1) is 18.4 Å². The summed E-state index contributed by atoms with van der Waals surface area (Å²) >= 11 is 0. The second-order valence-corrected chi connectivity index (χ2v) is 4.63. The number of hydrogen-bond donors (Lipinski definition) is 1.